The quantitative estimate of drug-likeness (QED) is 0.550. The van der Waals surface area contributed by atoms with E-state index in [0.717, 1.165) is 23.8 Å². The minimum atomic E-state index is 0.704. The van der Waals surface area contributed by atoms with Crippen molar-refractivity contribution in [3.8, 4) is 0 Å². The van der Waals surface area contributed by atoms with Crippen LogP contribution in [0.5, 0.6) is 0 Å². The van der Waals surface area contributed by atoms with Crippen LogP contribution < -0.4 is 5.32 Å². The maximum absolute atomic E-state index is 3.93. The summed E-state index contributed by atoms with van der Waals surface area (Å²) in [6.07, 6.45) is 18.0. The van der Waals surface area contributed by atoms with Crippen LogP contribution >= 0.6 is 0 Å². The second-order valence-corrected chi connectivity index (χ2v) is 8.59. The lowest BCUT2D eigenvalue weighted by molar-refractivity contribution is -0.0753. The maximum atomic E-state index is 3.93. The molecule has 1 atom stereocenters. The Labute approximate surface area is 132 Å². The molecule has 4 saturated carbocycles. The topological polar surface area (TPSA) is 12.0 Å². The number of unbranched alkanes of at least 4 members (excludes halogenated alkanes) is 4. The second-order valence-electron chi connectivity index (χ2n) is 8.59. The van der Waals surface area contributed by atoms with Gasteiger partial charge in [0.1, 0.15) is 0 Å². The largest absolute Gasteiger partial charge is 0.314 e. The second kappa shape index (κ2) is 7.02. The molecule has 0 radical (unpaired) electrons. The molecule has 1 unspecified atom stereocenters. The molecule has 0 aromatic heterocycles. The normalized spacial score (nSPS) is 38.9. The van der Waals surface area contributed by atoms with Crippen molar-refractivity contribution in [3.63, 3.8) is 0 Å². The van der Waals surface area contributed by atoms with E-state index >= 15 is 0 Å². The third-order valence-electron chi connectivity index (χ3n) is 6.87. The number of hydrogen-bond donors (Lipinski definition) is 1. The molecule has 21 heavy (non-hydrogen) atoms. The zero-order valence-electron chi connectivity index (χ0n) is 14.5. The van der Waals surface area contributed by atoms with E-state index < -0.39 is 0 Å². The summed E-state index contributed by atoms with van der Waals surface area (Å²) in [6.45, 7) is 5.79. The molecule has 4 aliphatic rings. The SMILES string of the molecule is CCCCCCCC(NCC)C12CC3CC(CC(C3)C1)C2. The van der Waals surface area contributed by atoms with E-state index in [0.29, 0.717) is 5.41 Å². The Bertz CT molecular complexity index is 287. The Morgan fingerprint density at radius 3 is 1.95 bits per heavy atom. The van der Waals surface area contributed by atoms with Crippen LogP contribution in [0.4, 0.5) is 0 Å². The molecule has 0 aromatic carbocycles. The van der Waals surface area contributed by atoms with Gasteiger partial charge < -0.3 is 5.32 Å². The van der Waals surface area contributed by atoms with Gasteiger partial charge in [-0.15, -0.1) is 0 Å². The van der Waals surface area contributed by atoms with Gasteiger partial charge >= 0.3 is 0 Å². The van der Waals surface area contributed by atoms with Gasteiger partial charge in [-0.3, -0.25) is 0 Å². The van der Waals surface area contributed by atoms with Crippen LogP contribution in [0.25, 0.3) is 0 Å². The molecular weight excluding hydrogens is 254 g/mol. The molecule has 4 rings (SSSR count). The van der Waals surface area contributed by atoms with E-state index in [1.807, 2.05) is 0 Å². The third kappa shape index (κ3) is 3.49. The molecule has 0 spiro atoms. The Morgan fingerprint density at radius 2 is 1.43 bits per heavy atom. The lowest BCUT2D eigenvalue weighted by atomic mass is 9.47. The van der Waals surface area contributed by atoms with Gasteiger partial charge in [0.25, 0.3) is 0 Å². The molecule has 0 saturated heterocycles. The fourth-order valence-corrected chi connectivity index (χ4v) is 6.43. The average molecular weight is 292 g/mol. The molecule has 4 bridgehead atoms. The highest BCUT2D eigenvalue weighted by Crippen LogP contribution is 2.61. The summed E-state index contributed by atoms with van der Waals surface area (Å²) < 4.78 is 0. The van der Waals surface area contributed by atoms with Gasteiger partial charge in [-0.05, 0) is 74.7 Å². The summed E-state index contributed by atoms with van der Waals surface area (Å²) in [5.74, 6) is 3.28. The molecule has 0 amide bonds. The minimum absolute atomic E-state index is 0.704. The van der Waals surface area contributed by atoms with E-state index in [1.165, 1.54) is 45.1 Å². The first-order valence-corrected chi connectivity index (χ1v) is 9.99. The van der Waals surface area contributed by atoms with E-state index in [-0.39, 0.29) is 0 Å². The molecule has 4 fully saturated rings. The molecular formula is C20H37N. The van der Waals surface area contributed by atoms with Crippen LogP contribution in [0.3, 0.4) is 0 Å². The van der Waals surface area contributed by atoms with Crippen molar-refractivity contribution in [2.75, 3.05) is 6.54 Å². The van der Waals surface area contributed by atoms with Crippen molar-refractivity contribution >= 4 is 0 Å². The predicted molar refractivity (Wildman–Crippen MR) is 91.4 cm³/mol. The Morgan fingerprint density at radius 1 is 0.857 bits per heavy atom. The monoisotopic (exact) mass is 291 g/mol. The van der Waals surface area contributed by atoms with Crippen LogP contribution in [-0.2, 0) is 0 Å². The first-order chi connectivity index (χ1) is 10.3. The van der Waals surface area contributed by atoms with E-state index in [9.17, 15) is 0 Å². The van der Waals surface area contributed by atoms with Gasteiger partial charge in [-0.2, -0.15) is 0 Å². The summed E-state index contributed by atoms with van der Waals surface area (Å²) in [5.41, 5.74) is 0.704. The van der Waals surface area contributed by atoms with Crippen molar-refractivity contribution in [2.45, 2.75) is 96.9 Å². The van der Waals surface area contributed by atoms with Crippen LogP contribution in [0.1, 0.15) is 90.9 Å². The van der Waals surface area contributed by atoms with Crippen LogP contribution in [0, 0.1) is 23.2 Å². The van der Waals surface area contributed by atoms with Crippen molar-refractivity contribution in [2.24, 2.45) is 23.2 Å². The van der Waals surface area contributed by atoms with Gasteiger partial charge in [0.05, 0.1) is 0 Å². The van der Waals surface area contributed by atoms with Crippen molar-refractivity contribution in [3.05, 3.63) is 0 Å². The summed E-state index contributed by atoms with van der Waals surface area (Å²) in [7, 11) is 0. The van der Waals surface area contributed by atoms with Gasteiger partial charge in [-0.25, -0.2) is 0 Å². The molecule has 0 aromatic rings. The highest BCUT2D eigenvalue weighted by atomic mass is 14.9. The molecule has 0 heterocycles. The Balaban J connectivity index is 1.57. The van der Waals surface area contributed by atoms with E-state index in [2.05, 4.69) is 19.2 Å². The molecule has 1 nitrogen and oxygen atoms in total. The smallest absolute Gasteiger partial charge is 0.0124 e. The van der Waals surface area contributed by atoms with Gasteiger partial charge in [0, 0.05) is 6.04 Å². The zero-order valence-corrected chi connectivity index (χ0v) is 14.5. The molecule has 1 heteroatoms. The first-order valence-electron chi connectivity index (χ1n) is 9.99. The standard InChI is InChI=1S/C20H37N/c1-3-5-6-7-8-9-19(21-4-2)20-13-16-10-17(14-20)12-18(11-16)15-20/h16-19,21H,3-15H2,1-2H3. The number of rotatable bonds is 9. The maximum Gasteiger partial charge on any atom is 0.0124 e. The van der Waals surface area contributed by atoms with Crippen molar-refractivity contribution < 1.29 is 0 Å². The predicted octanol–water partition coefficient (Wildman–Crippen LogP) is 5.54. The summed E-state index contributed by atoms with van der Waals surface area (Å²) >= 11 is 0. The van der Waals surface area contributed by atoms with Crippen LogP contribution in [-0.4, -0.2) is 12.6 Å². The average Bonchev–Trinajstić information content (AvgIpc) is 2.44. The lowest BCUT2D eigenvalue weighted by Gasteiger charge is -2.59. The summed E-state index contributed by atoms with van der Waals surface area (Å²) in [5, 5.41) is 3.93. The highest BCUT2D eigenvalue weighted by molar-refractivity contribution is 5.06. The number of hydrogen-bond acceptors (Lipinski definition) is 1. The molecule has 1 N–H and O–H groups in total. The molecule has 122 valence electrons. The molecule has 4 aliphatic carbocycles. The first kappa shape index (κ1) is 15.8. The lowest BCUT2D eigenvalue weighted by Crippen LogP contribution is -2.55. The minimum Gasteiger partial charge on any atom is -0.314 e. The van der Waals surface area contributed by atoms with Gasteiger partial charge in [0.2, 0.25) is 0 Å². The van der Waals surface area contributed by atoms with Gasteiger partial charge in [0.15, 0.2) is 0 Å². The van der Waals surface area contributed by atoms with Crippen molar-refractivity contribution in [1.29, 1.82) is 0 Å². The van der Waals surface area contributed by atoms with E-state index in [4.69, 9.17) is 0 Å². The van der Waals surface area contributed by atoms with Crippen LogP contribution in [0.15, 0.2) is 0 Å². The zero-order chi connectivity index (χ0) is 14.7. The summed E-state index contributed by atoms with van der Waals surface area (Å²) in [4.78, 5) is 0. The van der Waals surface area contributed by atoms with Crippen molar-refractivity contribution in [1.82, 2.24) is 5.32 Å². The van der Waals surface area contributed by atoms with Gasteiger partial charge in [-0.1, -0.05) is 46.0 Å². The van der Waals surface area contributed by atoms with Crippen LogP contribution in [0.2, 0.25) is 0 Å². The Kier molecular flexibility index (Phi) is 5.30. The number of nitrogens with one attached hydrogen (secondary N) is 1. The molecule has 0 aliphatic heterocycles. The fourth-order valence-electron chi connectivity index (χ4n) is 6.43. The fraction of sp³-hybridized carbons (Fsp3) is 1.00. The highest BCUT2D eigenvalue weighted by Gasteiger charge is 2.53. The summed E-state index contributed by atoms with van der Waals surface area (Å²) in [6, 6.07) is 0.831. The van der Waals surface area contributed by atoms with E-state index in [1.54, 1.807) is 38.5 Å². The Hall–Kier alpha value is -0.0400. The third-order valence-corrected chi connectivity index (χ3v) is 6.87.